The molecule has 9 heteroatoms. The van der Waals surface area contributed by atoms with Gasteiger partial charge in [0.05, 0.1) is 5.69 Å². The summed E-state index contributed by atoms with van der Waals surface area (Å²) in [6, 6.07) is 17.9. The summed E-state index contributed by atoms with van der Waals surface area (Å²) in [5.74, 6) is 0.147. The lowest BCUT2D eigenvalue weighted by Gasteiger charge is -2.29. The summed E-state index contributed by atoms with van der Waals surface area (Å²) in [5, 5.41) is 2.75. The number of rotatable bonds is 4. The number of pyridine rings is 1. The van der Waals surface area contributed by atoms with E-state index in [0.29, 0.717) is 22.7 Å². The topological polar surface area (TPSA) is 71.5 Å². The third-order valence-electron chi connectivity index (χ3n) is 4.35. The zero-order chi connectivity index (χ0) is 22.0. The normalized spacial score (nSPS) is 15.2. The van der Waals surface area contributed by atoms with E-state index in [1.54, 1.807) is 36.5 Å². The molecule has 1 fully saturated rings. The number of amides is 2. The molecule has 0 spiro atoms. The summed E-state index contributed by atoms with van der Waals surface area (Å²) in [6.07, 6.45) is 2.98. The van der Waals surface area contributed by atoms with Crippen LogP contribution in [0.5, 0.6) is 11.5 Å². The monoisotopic (exact) mass is 561 g/mol. The van der Waals surface area contributed by atoms with E-state index < -0.39 is 11.8 Å². The first kappa shape index (κ1) is 21.4. The predicted octanol–water partition coefficient (Wildman–Crippen LogP) is 4.96. The van der Waals surface area contributed by atoms with Gasteiger partial charge < -0.3 is 4.74 Å². The van der Waals surface area contributed by atoms with Crippen molar-refractivity contribution in [3.8, 4) is 11.5 Å². The summed E-state index contributed by atoms with van der Waals surface area (Å²) in [5.41, 5.74) is 0.891. The van der Waals surface area contributed by atoms with E-state index in [1.807, 2.05) is 30.3 Å². The molecule has 154 valence electrons. The Kier molecular flexibility index (Phi) is 6.30. The highest BCUT2D eigenvalue weighted by Gasteiger charge is 2.34. The lowest BCUT2D eigenvalue weighted by molar-refractivity contribution is -0.122. The van der Waals surface area contributed by atoms with E-state index in [4.69, 9.17) is 28.6 Å². The number of ether oxygens (including phenoxy) is 1. The fourth-order valence-electron chi connectivity index (χ4n) is 2.88. The summed E-state index contributed by atoms with van der Waals surface area (Å²) >= 11 is 13.5. The lowest BCUT2D eigenvalue weighted by atomic mass is 10.1. The quantitative estimate of drug-likeness (QED) is 0.160. The second-order valence-corrected chi connectivity index (χ2v) is 8.27. The number of carbonyl (C=O) groups is 2. The first-order valence-corrected chi connectivity index (χ1v) is 10.8. The number of anilines is 1. The first-order valence-electron chi connectivity index (χ1n) is 8.98. The van der Waals surface area contributed by atoms with E-state index in [9.17, 15) is 9.59 Å². The number of para-hydroxylation sites is 1. The first-order chi connectivity index (χ1) is 14.9. The third-order valence-corrected chi connectivity index (χ3v) is 5.88. The van der Waals surface area contributed by atoms with E-state index in [2.05, 4.69) is 32.9 Å². The predicted molar refractivity (Wildman–Crippen MR) is 131 cm³/mol. The molecule has 0 radical (unpaired) electrons. The number of carbonyl (C=O) groups excluding carboxylic acids is 2. The van der Waals surface area contributed by atoms with Crippen LogP contribution < -0.4 is 15.0 Å². The van der Waals surface area contributed by atoms with Gasteiger partial charge in [0, 0.05) is 15.3 Å². The summed E-state index contributed by atoms with van der Waals surface area (Å²) in [7, 11) is 0. The van der Waals surface area contributed by atoms with E-state index in [-0.39, 0.29) is 15.8 Å². The van der Waals surface area contributed by atoms with Gasteiger partial charge in [-0.15, -0.1) is 0 Å². The van der Waals surface area contributed by atoms with Crippen LogP contribution in [0.25, 0.3) is 6.08 Å². The molecule has 0 saturated carbocycles. The molecule has 3 aromatic rings. The Morgan fingerprint density at radius 1 is 1.03 bits per heavy atom. The molecular weight excluding hydrogens is 549 g/mol. The zero-order valence-electron chi connectivity index (χ0n) is 15.7. The number of thiocarbonyl (C=S) groups is 1. The molecule has 2 amide bonds. The molecular formula is C22H13ClIN3O3S. The molecule has 31 heavy (non-hydrogen) atoms. The van der Waals surface area contributed by atoms with Gasteiger partial charge in [0.25, 0.3) is 11.8 Å². The minimum Gasteiger partial charge on any atom is -0.457 e. The second-order valence-electron chi connectivity index (χ2n) is 6.36. The van der Waals surface area contributed by atoms with Gasteiger partial charge in [0.2, 0.25) is 0 Å². The molecule has 1 aliphatic heterocycles. The number of benzene rings is 2. The molecule has 2 aromatic carbocycles. The van der Waals surface area contributed by atoms with Gasteiger partial charge >= 0.3 is 0 Å². The van der Waals surface area contributed by atoms with Crippen molar-refractivity contribution in [3.05, 3.63) is 86.7 Å². The highest BCUT2D eigenvalue weighted by molar-refractivity contribution is 14.1. The van der Waals surface area contributed by atoms with Gasteiger partial charge in [-0.25, -0.2) is 4.98 Å². The van der Waals surface area contributed by atoms with Crippen molar-refractivity contribution in [2.75, 3.05) is 4.90 Å². The molecule has 0 atom stereocenters. The molecule has 1 saturated heterocycles. The Balaban J connectivity index is 1.63. The minimum atomic E-state index is -0.592. The van der Waals surface area contributed by atoms with E-state index >= 15 is 0 Å². The van der Waals surface area contributed by atoms with E-state index in [0.717, 1.165) is 3.57 Å². The number of nitrogens with zero attached hydrogens (tertiary/aromatic N) is 2. The number of hydrogen-bond acceptors (Lipinski definition) is 5. The summed E-state index contributed by atoms with van der Waals surface area (Å²) in [4.78, 5) is 30.9. The standard InChI is InChI=1S/C22H13ClIN3O3S/c23-19-16(18(24)10-11-25-19)12-17-20(28)26-22(31)27(21(17)29)13-6-8-15(9-7-13)30-14-4-2-1-3-5-14/h1-12H,(H,26,28,31). The van der Waals surface area contributed by atoms with Crippen LogP contribution in [0.2, 0.25) is 5.15 Å². The SMILES string of the molecule is O=C1NC(=S)N(c2ccc(Oc3ccccc3)cc2)C(=O)C1=Cc1c(I)ccnc1Cl. The van der Waals surface area contributed by atoms with Crippen molar-refractivity contribution >= 4 is 75.1 Å². The molecule has 0 aliphatic carbocycles. The van der Waals surface area contributed by atoms with Crippen molar-refractivity contribution in [2.24, 2.45) is 0 Å². The zero-order valence-corrected chi connectivity index (χ0v) is 19.4. The smallest absolute Gasteiger partial charge is 0.270 e. The van der Waals surface area contributed by atoms with Gasteiger partial charge in [0.1, 0.15) is 22.2 Å². The van der Waals surface area contributed by atoms with Gasteiger partial charge in [-0.05, 0) is 83.3 Å². The molecule has 4 rings (SSSR count). The van der Waals surface area contributed by atoms with Crippen LogP contribution in [-0.2, 0) is 9.59 Å². The Bertz CT molecular complexity index is 1200. The van der Waals surface area contributed by atoms with Gasteiger partial charge in [0.15, 0.2) is 5.11 Å². The summed E-state index contributed by atoms with van der Waals surface area (Å²) < 4.78 is 6.54. The molecule has 0 bridgehead atoms. The maximum atomic E-state index is 13.2. The maximum Gasteiger partial charge on any atom is 0.270 e. The lowest BCUT2D eigenvalue weighted by Crippen LogP contribution is -2.54. The van der Waals surface area contributed by atoms with Crippen LogP contribution in [0, 0.1) is 3.57 Å². The average Bonchev–Trinajstić information content (AvgIpc) is 2.75. The highest BCUT2D eigenvalue weighted by Crippen LogP contribution is 2.28. The second kappa shape index (κ2) is 9.13. The fourth-order valence-corrected chi connectivity index (χ4v) is 4.10. The van der Waals surface area contributed by atoms with Crippen molar-refractivity contribution < 1.29 is 14.3 Å². The molecule has 1 aliphatic rings. The van der Waals surface area contributed by atoms with Crippen molar-refractivity contribution in [1.82, 2.24) is 10.3 Å². The fraction of sp³-hybridized carbons (Fsp3) is 0. The number of hydrogen-bond donors (Lipinski definition) is 1. The van der Waals surface area contributed by atoms with Crippen molar-refractivity contribution in [3.63, 3.8) is 0 Å². The van der Waals surface area contributed by atoms with Crippen molar-refractivity contribution in [2.45, 2.75) is 0 Å². The maximum absolute atomic E-state index is 13.2. The number of nitrogens with one attached hydrogen (secondary N) is 1. The number of halogens is 2. The Hall–Kier alpha value is -2.82. The average molecular weight is 562 g/mol. The van der Waals surface area contributed by atoms with E-state index in [1.165, 1.54) is 11.0 Å². The molecule has 1 N–H and O–H groups in total. The van der Waals surface area contributed by atoms with Gasteiger partial charge in [-0.3, -0.25) is 19.8 Å². The van der Waals surface area contributed by atoms with Gasteiger partial charge in [-0.1, -0.05) is 29.8 Å². The van der Waals surface area contributed by atoms with Crippen LogP contribution in [0.1, 0.15) is 5.56 Å². The molecule has 0 unspecified atom stereocenters. The highest BCUT2D eigenvalue weighted by atomic mass is 127. The molecule has 2 heterocycles. The van der Waals surface area contributed by atoms with Crippen LogP contribution in [0.3, 0.4) is 0 Å². The van der Waals surface area contributed by atoms with Crippen LogP contribution in [0.15, 0.2) is 72.4 Å². The van der Waals surface area contributed by atoms with Crippen LogP contribution in [-0.4, -0.2) is 21.9 Å². The van der Waals surface area contributed by atoms with Crippen LogP contribution >= 0.6 is 46.4 Å². The molecule has 6 nitrogen and oxygen atoms in total. The minimum absolute atomic E-state index is 0.00383. The Morgan fingerprint density at radius 3 is 2.39 bits per heavy atom. The Labute approximate surface area is 202 Å². The van der Waals surface area contributed by atoms with Crippen molar-refractivity contribution in [1.29, 1.82) is 0 Å². The number of aromatic nitrogens is 1. The summed E-state index contributed by atoms with van der Waals surface area (Å²) in [6.45, 7) is 0. The Morgan fingerprint density at radius 2 is 1.71 bits per heavy atom. The van der Waals surface area contributed by atoms with Crippen LogP contribution in [0.4, 0.5) is 5.69 Å². The van der Waals surface area contributed by atoms with Gasteiger partial charge in [-0.2, -0.15) is 0 Å². The third kappa shape index (κ3) is 4.60. The molecule has 1 aromatic heterocycles. The largest absolute Gasteiger partial charge is 0.457 e.